The highest BCUT2D eigenvalue weighted by Crippen LogP contribution is 2.30. The molecule has 0 radical (unpaired) electrons. The Labute approximate surface area is 318 Å². The van der Waals surface area contributed by atoms with Crippen molar-refractivity contribution in [2.45, 2.75) is 123 Å². The van der Waals surface area contributed by atoms with Crippen LogP contribution in [0.3, 0.4) is 0 Å². The molecule has 1 saturated heterocycles. The summed E-state index contributed by atoms with van der Waals surface area (Å²) in [7, 11) is 8.08. The maximum atomic E-state index is 14.2. The van der Waals surface area contributed by atoms with Crippen molar-refractivity contribution in [2.75, 3.05) is 41.9 Å². The minimum Gasteiger partial charge on any atom is -0.379 e. The van der Waals surface area contributed by atoms with Gasteiger partial charge in [0.1, 0.15) is 12.1 Å². The zero-order valence-corrected chi connectivity index (χ0v) is 34.2. The zero-order chi connectivity index (χ0) is 40.0. The summed E-state index contributed by atoms with van der Waals surface area (Å²) >= 11 is 0. The summed E-state index contributed by atoms with van der Waals surface area (Å²) in [4.78, 5) is 71.4. The van der Waals surface area contributed by atoms with Crippen LogP contribution < -0.4 is 21.3 Å². The second-order valence-electron chi connectivity index (χ2n) is 15.2. The third kappa shape index (κ3) is 12.2. The highest BCUT2D eigenvalue weighted by molar-refractivity contribution is 5.90. The van der Waals surface area contributed by atoms with Crippen molar-refractivity contribution in [1.29, 1.82) is 0 Å². The normalized spacial score (nSPS) is 19.1. The summed E-state index contributed by atoms with van der Waals surface area (Å²) in [5.41, 5.74) is 0.915. The lowest BCUT2D eigenvalue weighted by Crippen LogP contribution is -2.59. The third-order valence-electron chi connectivity index (χ3n) is 10.9. The van der Waals surface area contributed by atoms with Crippen LogP contribution in [0.2, 0.25) is 0 Å². The number of hydrogen-bond donors (Lipinski definition) is 4. The highest BCUT2D eigenvalue weighted by atomic mass is 16.5. The first-order valence-electron chi connectivity index (χ1n) is 19.2. The maximum Gasteiger partial charge on any atom is 0.245 e. The highest BCUT2D eigenvalue weighted by Gasteiger charge is 2.43. The van der Waals surface area contributed by atoms with Gasteiger partial charge in [-0.3, -0.25) is 24.0 Å². The monoisotopic (exact) mass is 745 g/mol. The van der Waals surface area contributed by atoms with Crippen molar-refractivity contribution >= 4 is 29.5 Å². The average molecular weight is 745 g/mol. The number of nitrogens with one attached hydrogen (secondary N) is 4. The fourth-order valence-corrected chi connectivity index (χ4v) is 7.59. The van der Waals surface area contributed by atoms with Crippen molar-refractivity contribution in [2.24, 2.45) is 23.7 Å². The van der Waals surface area contributed by atoms with Gasteiger partial charge in [-0.05, 0) is 43.2 Å². The molecular weight excluding hydrogens is 676 g/mol. The molecule has 13 heteroatoms. The van der Waals surface area contributed by atoms with Gasteiger partial charge in [0.05, 0.1) is 42.7 Å². The first kappa shape index (κ1) is 45.6. The number of hydrogen-bond acceptors (Lipinski definition) is 8. The molecule has 1 aliphatic rings. The fraction of sp³-hybridized carbons (Fsp3) is 0.725. The molecule has 5 amide bonds. The lowest BCUT2D eigenvalue weighted by atomic mass is 9.89. The quantitative estimate of drug-likeness (QED) is 0.150. The molecule has 1 aromatic carbocycles. The fourth-order valence-electron chi connectivity index (χ4n) is 7.59. The molecule has 1 aliphatic heterocycles. The van der Waals surface area contributed by atoms with E-state index < -0.39 is 42.3 Å². The Morgan fingerprint density at radius 3 is 2.00 bits per heavy atom. The standard InChI is InChI=1S/C40H68N6O7/c1-13-26(6)35(45(10)40(51)34(25(4)5)44-39(50)33(41-8)24(2)3)31(52-11)23-32(47)46-21-17-20-30(46)36(53-12)27(7)37(48)43-29(38(49)42-9)22-28-18-15-14-16-19-28/h14-16,18-19,24-27,29-31,33-36,41H,13,17,20-23H2,1-12H3,(H,42,49)(H,43,48)(H,44,50)/t26?,27-,29?,30+,31?,33+,34+,35+,36-/m1/s1. The van der Waals surface area contributed by atoms with Crippen LogP contribution in [0.25, 0.3) is 0 Å². The Bertz CT molecular complexity index is 1330. The van der Waals surface area contributed by atoms with Crippen LogP contribution in [0.15, 0.2) is 30.3 Å². The van der Waals surface area contributed by atoms with E-state index in [1.807, 2.05) is 71.9 Å². The maximum absolute atomic E-state index is 14.2. The molecule has 2 rings (SSSR count). The SMILES string of the molecule is CCC(C)[C@@H](C(CC(=O)N1CCC[C@H]1[C@H](OC)[C@@H](C)C(=O)NC(Cc1ccccc1)C(=O)NC)OC)N(C)C(=O)[C@@H](NC(=O)[C@@H](NC)C(C)C)C(C)C. The summed E-state index contributed by atoms with van der Waals surface area (Å²) in [6, 6.07) is 6.66. The number of benzene rings is 1. The second kappa shape index (κ2) is 22.0. The molecule has 9 atom stereocenters. The van der Waals surface area contributed by atoms with Crippen molar-refractivity contribution in [1.82, 2.24) is 31.1 Å². The second-order valence-corrected chi connectivity index (χ2v) is 15.2. The summed E-state index contributed by atoms with van der Waals surface area (Å²) in [5.74, 6) is -2.12. The first-order chi connectivity index (χ1) is 25.1. The number of methoxy groups -OCH3 is 2. The summed E-state index contributed by atoms with van der Waals surface area (Å²) < 4.78 is 11.9. The Kier molecular flexibility index (Phi) is 18.9. The number of likely N-dealkylation sites (tertiary alicyclic amines) is 1. The van der Waals surface area contributed by atoms with Crippen molar-refractivity contribution in [3.63, 3.8) is 0 Å². The Balaban J connectivity index is 2.27. The van der Waals surface area contributed by atoms with E-state index in [0.29, 0.717) is 19.4 Å². The summed E-state index contributed by atoms with van der Waals surface area (Å²) in [6.07, 6.45) is 1.21. The molecule has 0 aliphatic carbocycles. The Morgan fingerprint density at radius 1 is 0.868 bits per heavy atom. The Hall–Kier alpha value is -3.55. The van der Waals surface area contributed by atoms with Gasteiger partial charge in [-0.25, -0.2) is 0 Å². The molecule has 13 nitrogen and oxygen atoms in total. The third-order valence-corrected chi connectivity index (χ3v) is 10.9. The largest absolute Gasteiger partial charge is 0.379 e. The van der Waals surface area contributed by atoms with Crippen LogP contribution in [-0.4, -0.2) is 124 Å². The van der Waals surface area contributed by atoms with Crippen LogP contribution in [-0.2, 0) is 39.9 Å². The predicted octanol–water partition coefficient (Wildman–Crippen LogP) is 2.77. The summed E-state index contributed by atoms with van der Waals surface area (Å²) in [6.45, 7) is 14.0. The molecule has 0 saturated carbocycles. The van der Waals surface area contributed by atoms with Gasteiger partial charge in [0.25, 0.3) is 0 Å². The minimum atomic E-state index is -0.778. The molecule has 0 bridgehead atoms. The van der Waals surface area contributed by atoms with Crippen LogP contribution in [0.5, 0.6) is 0 Å². The van der Waals surface area contributed by atoms with E-state index in [-0.39, 0.29) is 59.8 Å². The van der Waals surface area contributed by atoms with E-state index in [4.69, 9.17) is 9.47 Å². The van der Waals surface area contributed by atoms with Gasteiger partial charge in [-0.2, -0.15) is 0 Å². The molecule has 1 fully saturated rings. The van der Waals surface area contributed by atoms with Crippen molar-refractivity contribution < 1.29 is 33.4 Å². The van der Waals surface area contributed by atoms with E-state index >= 15 is 0 Å². The van der Waals surface area contributed by atoms with E-state index in [2.05, 4.69) is 21.3 Å². The number of nitrogens with zero attached hydrogens (tertiary/aromatic N) is 2. The molecular formula is C40H68N6O7. The zero-order valence-electron chi connectivity index (χ0n) is 34.2. The number of likely N-dealkylation sites (N-methyl/N-ethyl adjacent to an activating group) is 3. The molecule has 53 heavy (non-hydrogen) atoms. The molecule has 300 valence electrons. The van der Waals surface area contributed by atoms with Gasteiger partial charge in [0.2, 0.25) is 29.5 Å². The number of ether oxygens (including phenoxy) is 2. The number of rotatable bonds is 21. The van der Waals surface area contributed by atoms with Crippen LogP contribution in [0.4, 0.5) is 0 Å². The van der Waals surface area contributed by atoms with E-state index in [9.17, 15) is 24.0 Å². The van der Waals surface area contributed by atoms with Crippen LogP contribution in [0.1, 0.15) is 79.7 Å². The average Bonchev–Trinajstić information content (AvgIpc) is 3.62. The number of amides is 5. The molecule has 1 aromatic rings. The molecule has 4 N–H and O–H groups in total. The molecule has 1 heterocycles. The van der Waals surface area contributed by atoms with Gasteiger partial charge in [-0.15, -0.1) is 0 Å². The van der Waals surface area contributed by atoms with E-state index in [1.54, 1.807) is 37.9 Å². The number of carbonyl (C=O) groups excluding carboxylic acids is 5. The number of carbonyl (C=O) groups is 5. The van der Waals surface area contributed by atoms with Crippen molar-refractivity contribution in [3.05, 3.63) is 35.9 Å². The summed E-state index contributed by atoms with van der Waals surface area (Å²) in [5, 5.41) is 11.6. The Morgan fingerprint density at radius 2 is 1.49 bits per heavy atom. The van der Waals surface area contributed by atoms with Gasteiger partial charge in [0, 0.05) is 41.3 Å². The van der Waals surface area contributed by atoms with E-state index in [1.165, 1.54) is 14.2 Å². The van der Waals surface area contributed by atoms with Gasteiger partial charge in [0.15, 0.2) is 0 Å². The van der Waals surface area contributed by atoms with E-state index in [0.717, 1.165) is 18.4 Å². The van der Waals surface area contributed by atoms with Gasteiger partial charge >= 0.3 is 0 Å². The smallest absolute Gasteiger partial charge is 0.245 e. The molecule has 0 aromatic heterocycles. The van der Waals surface area contributed by atoms with Crippen molar-refractivity contribution in [3.8, 4) is 0 Å². The molecule has 0 spiro atoms. The van der Waals surface area contributed by atoms with Crippen LogP contribution in [0, 0.1) is 23.7 Å². The lowest BCUT2D eigenvalue weighted by molar-refractivity contribution is -0.148. The topological polar surface area (TPSA) is 158 Å². The lowest BCUT2D eigenvalue weighted by Gasteiger charge is -2.41. The molecule has 3 unspecified atom stereocenters. The van der Waals surface area contributed by atoms with Crippen LogP contribution >= 0.6 is 0 Å². The minimum absolute atomic E-state index is 0.0142. The van der Waals surface area contributed by atoms with Gasteiger partial charge < -0.3 is 40.5 Å². The van der Waals surface area contributed by atoms with Gasteiger partial charge in [-0.1, -0.05) is 85.2 Å². The predicted molar refractivity (Wildman–Crippen MR) is 207 cm³/mol. The first-order valence-corrected chi connectivity index (χ1v) is 19.2.